The first-order valence-electron chi connectivity index (χ1n) is 11.3. The second kappa shape index (κ2) is 10.8. The summed E-state index contributed by atoms with van der Waals surface area (Å²) in [6, 6.07) is 7.12. The smallest absolute Gasteiger partial charge is 0.337 e. The molecular weight excluding hydrogens is 412 g/mol. The Balaban J connectivity index is 1.57. The number of aliphatic hydroxyl groups excluding tert-OH is 2. The maximum absolute atomic E-state index is 12.5. The summed E-state index contributed by atoms with van der Waals surface area (Å²) in [6.07, 6.45) is 9.17. The predicted octanol–water partition coefficient (Wildman–Crippen LogP) is 4.41. The standard InChI is InChI=1S/C25H34O5S/c1-3-12-25(13-5-14-25)23(28)7-4-6-19-20(22(27)15-21(19)26)16-31-18-10-8-17(9-11-18)24(29)30-2/h4,6,8-11,19-21,23,26,28H,3,5,7,12-16H2,1-2H3/t19-,20-,21?,23?/m1/s1. The first kappa shape index (κ1) is 24.0. The van der Waals surface area contributed by atoms with Crippen LogP contribution in [0, 0.1) is 17.3 Å². The van der Waals surface area contributed by atoms with Crippen molar-refractivity contribution in [2.75, 3.05) is 12.9 Å². The molecular formula is C25H34O5S. The zero-order valence-corrected chi connectivity index (χ0v) is 19.3. The van der Waals surface area contributed by atoms with Gasteiger partial charge in [-0.15, -0.1) is 11.8 Å². The van der Waals surface area contributed by atoms with Gasteiger partial charge in [0.15, 0.2) is 0 Å². The van der Waals surface area contributed by atoms with Crippen molar-refractivity contribution < 1.29 is 24.5 Å². The largest absolute Gasteiger partial charge is 0.465 e. The van der Waals surface area contributed by atoms with E-state index < -0.39 is 6.10 Å². The maximum atomic E-state index is 12.5. The van der Waals surface area contributed by atoms with Crippen molar-refractivity contribution in [3.63, 3.8) is 0 Å². The van der Waals surface area contributed by atoms with E-state index in [2.05, 4.69) is 6.92 Å². The molecule has 170 valence electrons. The molecule has 2 aliphatic rings. The zero-order valence-electron chi connectivity index (χ0n) is 18.5. The lowest BCUT2D eigenvalue weighted by Crippen LogP contribution is -2.41. The molecule has 0 aliphatic heterocycles. The van der Waals surface area contributed by atoms with Crippen LogP contribution in [0.2, 0.25) is 0 Å². The number of thioether (sulfide) groups is 1. The highest BCUT2D eigenvalue weighted by Crippen LogP contribution is 2.48. The Kier molecular flexibility index (Phi) is 8.36. The Labute approximate surface area is 189 Å². The van der Waals surface area contributed by atoms with Crippen LogP contribution in [-0.4, -0.2) is 47.0 Å². The molecule has 0 amide bonds. The van der Waals surface area contributed by atoms with Gasteiger partial charge >= 0.3 is 5.97 Å². The highest BCUT2D eigenvalue weighted by molar-refractivity contribution is 7.99. The molecule has 2 aliphatic carbocycles. The van der Waals surface area contributed by atoms with Gasteiger partial charge in [-0.2, -0.15) is 0 Å². The lowest BCUT2D eigenvalue weighted by Gasteiger charge is -2.45. The van der Waals surface area contributed by atoms with Crippen molar-refractivity contribution in [1.82, 2.24) is 0 Å². The molecule has 4 atom stereocenters. The van der Waals surface area contributed by atoms with Crippen LogP contribution in [0.3, 0.4) is 0 Å². The first-order valence-corrected chi connectivity index (χ1v) is 12.3. The van der Waals surface area contributed by atoms with Crippen LogP contribution in [0.4, 0.5) is 0 Å². The Morgan fingerprint density at radius 3 is 2.61 bits per heavy atom. The third-order valence-electron chi connectivity index (χ3n) is 6.96. The van der Waals surface area contributed by atoms with Crippen molar-refractivity contribution >= 4 is 23.5 Å². The predicted molar refractivity (Wildman–Crippen MR) is 122 cm³/mol. The number of ketones is 1. The molecule has 5 nitrogen and oxygen atoms in total. The molecule has 0 heterocycles. The fourth-order valence-corrected chi connectivity index (χ4v) is 6.04. The van der Waals surface area contributed by atoms with Gasteiger partial charge < -0.3 is 14.9 Å². The van der Waals surface area contributed by atoms with Gasteiger partial charge in [-0.1, -0.05) is 31.9 Å². The molecule has 6 heteroatoms. The van der Waals surface area contributed by atoms with Crippen LogP contribution in [-0.2, 0) is 9.53 Å². The van der Waals surface area contributed by atoms with Gasteiger partial charge in [0.05, 0.1) is 24.9 Å². The highest BCUT2D eigenvalue weighted by Gasteiger charge is 2.42. The molecule has 2 unspecified atom stereocenters. The van der Waals surface area contributed by atoms with Gasteiger partial charge in [0.1, 0.15) is 5.78 Å². The van der Waals surface area contributed by atoms with E-state index >= 15 is 0 Å². The summed E-state index contributed by atoms with van der Waals surface area (Å²) in [6.45, 7) is 2.16. The number of carbonyl (C=O) groups excluding carboxylic acids is 2. The molecule has 0 spiro atoms. The summed E-state index contributed by atoms with van der Waals surface area (Å²) in [5.41, 5.74) is 0.556. The maximum Gasteiger partial charge on any atom is 0.337 e. The van der Waals surface area contributed by atoms with Gasteiger partial charge in [-0.05, 0) is 55.4 Å². The van der Waals surface area contributed by atoms with Gasteiger partial charge in [0.25, 0.3) is 0 Å². The number of hydrogen-bond acceptors (Lipinski definition) is 6. The molecule has 0 saturated heterocycles. The number of ether oxygens (including phenoxy) is 1. The summed E-state index contributed by atoms with van der Waals surface area (Å²) >= 11 is 1.55. The lowest BCUT2D eigenvalue weighted by molar-refractivity contribution is -0.120. The third-order valence-corrected chi connectivity index (χ3v) is 8.09. The number of aliphatic hydroxyl groups is 2. The molecule has 1 aromatic rings. The first-order chi connectivity index (χ1) is 14.9. The van der Waals surface area contributed by atoms with Crippen molar-refractivity contribution in [1.29, 1.82) is 0 Å². The van der Waals surface area contributed by atoms with Crippen molar-refractivity contribution in [3.05, 3.63) is 42.0 Å². The van der Waals surface area contributed by atoms with E-state index in [1.54, 1.807) is 23.9 Å². The number of benzene rings is 1. The van der Waals surface area contributed by atoms with Crippen molar-refractivity contribution in [2.24, 2.45) is 17.3 Å². The SMILES string of the molecule is CCCC1(C(O)CC=C[C@H]2C(O)CC(=O)[C@@H]2CSc2ccc(C(=O)OC)cc2)CCC1. The molecule has 0 bridgehead atoms. The van der Waals surface area contributed by atoms with Crippen LogP contribution in [0.15, 0.2) is 41.3 Å². The number of methoxy groups -OCH3 is 1. The second-order valence-corrected chi connectivity index (χ2v) is 9.99. The monoisotopic (exact) mass is 446 g/mol. The van der Waals surface area contributed by atoms with Gasteiger partial charge in [0.2, 0.25) is 0 Å². The quantitative estimate of drug-likeness (QED) is 0.315. The van der Waals surface area contributed by atoms with E-state index in [4.69, 9.17) is 4.74 Å². The summed E-state index contributed by atoms with van der Waals surface area (Å²) in [5, 5.41) is 21.1. The van der Waals surface area contributed by atoms with E-state index in [0.717, 1.165) is 30.6 Å². The van der Waals surface area contributed by atoms with Gasteiger partial charge in [-0.25, -0.2) is 4.79 Å². The van der Waals surface area contributed by atoms with E-state index in [0.29, 0.717) is 17.7 Å². The highest BCUT2D eigenvalue weighted by atomic mass is 32.2. The van der Waals surface area contributed by atoms with Crippen LogP contribution in [0.25, 0.3) is 0 Å². The van der Waals surface area contributed by atoms with Crippen LogP contribution in [0.1, 0.15) is 62.2 Å². The Morgan fingerprint density at radius 2 is 2.03 bits per heavy atom. The minimum absolute atomic E-state index is 0.0643. The molecule has 31 heavy (non-hydrogen) atoms. The summed E-state index contributed by atoms with van der Waals surface area (Å²) in [7, 11) is 1.35. The lowest BCUT2D eigenvalue weighted by atomic mass is 9.62. The van der Waals surface area contributed by atoms with Gasteiger partial charge in [-0.3, -0.25) is 4.79 Å². The van der Waals surface area contributed by atoms with E-state index in [9.17, 15) is 19.8 Å². The zero-order chi connectivity index (χ0) is 22.4. The summed E-state index contributed by atoms with van der Waals surface area (Å²) in [5.74, 6) is -0.180. The molecule has 2 fully saturated rings. The Bertz CT molecular complexity index is 784. The number of rotatable bonds is 10. The third kappa shape index (κ3) is 5.60. The molecule has 2 saturated carbocycles. The topological polar surface area (TPSA) is 83.8 Å². The number of esters is 1. The van der Waals surface area contributed by atoms with Crippen molar-refractivity contribution in [2.45, 2.75) is 69.0 Å². The normalized spacial score (nSPS) is 26.1. The number of Topliss-reactive ketones (excluding diaryl/α,β-unsaturated/α-hetero) is 1. The molecule has 0 aromatic heterocycles. The molecule has 1 aromatic carbocycles. The van der Waals surface area contributed by atoms with Crippen molar-refractivity contribution in [3.8, 4) is 0 Å². The van der Waals surface area contributed by atoms with E-state index in [-0.39, 0.29) is 41.5 Å². The molecule has 2 N–H and O–H groups in total. The van der Waals surface area contributed by atoms with Crippen LogP contribution < -0.4 is 0 Å². The van der Waals surface area contributed by atoms with Crippen LogP contribution in [0.5, 0.6) is 0 Å². The van der Waals surface area contributed by atoms with Crippen LogP contribution >= 0.6 is 11.8 Å². The average Bonchev–Trinajstić information content (AvgIpc) is 3.01. The average molecular weight is 447 g/mol. The fraction of sp³-hybridized carbons (Fsp3) is 0.600. The summed E-state index contributed by atoms with van der Waals surface area (Å²) in [4.78, 5) is 25.0. The summed E-state index contributed by atoms with van der Waals surface area (Å²) < 4.78 is 4.71. The second-order valence-electron chi connectivity index (χ2n) is 8.89. The molecule has 0 radical (unpaired) electrons. The molecule has 3 rings (SSSR count). The van der Waals surface area contributed by atoms with Gasteiger partial charge in [0, 0.05) is 28.9 Å². The minimum atomic E-state index is -0.665. The van der Waals surface area contributed by atoms with E-state index in [1.807, 2.05) is 24.3 Å². The Morgan fingerprint density at radius 1 is 1.32 bits per heavy atom. The van der Waals surface area contributed by atoms with E-state index in [1.165, 1.54) is 13.5 Å². The number of hydrogen-bond donors (Lipinski definition) is 2. The Hall–Kier alpha value is -1.63. The minimum Gasteiger partial charge on any atom is -0.465 e. The fourth-order valence-electron chi connectivity index (χ4n) is 4.93. The number of carbonyl (C=O) groups is 2.